The molecule has 0 heterocycles. The van der Waals surface area contributed by atoms with Crippen LogP contribution in [0.1, 0.15) is 10.4 Å². The van der Waals surface area contributed by atoms with Crippen molar-refractivity contribution in [3.05, 3.63) is 28.2 Å². The third kappa shape index (κ3) is 5.03. The Hall–Kier alpha value is -1.11. The molecule has 0 aliphatic carbocycles. The van der Waals surface area contributed by atoms with Crippen LogP contribution >= 0.6 is 15.9 Å². The van der Waals surface area contributed by atoms with E-state index in [0.717, 1.165) is 0 Å². The van der Waals surface area contributed by atoms with E-state index in [1.165, 1.54) is 0 Å². The molecular weight excluding hydrogens is 300 g/mol. The van der Waals surface area contributed by atoms with Crippen LogP contribution in [0.25, 0.3) is 0 Å². The van der Waals surface area contributed by atoms with E-state index in [2.05, 4.69) is 21.2 Å². The van der Waals surface area contributed by atoms with Crippen LogP contribution in [-0.2, 0) is 9.47 Å². The fraction of sp³-hybridized carbons (Fsp3) is 0.417. The SMILES string of the molecule is COCCOCCNC(=O)c1ccc(N)c(Br)c1. The Morgan fingerprint density at radius 2 is 2.17 bits per heavy atom. The van der Waals surface area contributed by atoms with Gasteiger partial charge in [-0.2, -0.15) is 0 Å². The molecule has 0 aliphatic heterocycles. The van der Waals surface area contributed by atoms with Crippen molar-refractivity contribution < 1.29 is 14.3 Å². The predicted molar refractivity (Wildman–Crippen MR) is 73.6 cm³/mol. The molecule has 0 radical (unpaired) electrons. The number of ether oxygens (including phenoxy) is 2. The van der Waals surface area contributed by atoms with Crippen molar-refractivity contribution in [2.75, 3.05) is 39.2 Å². The van der Waals surface area contributed by atoms with E-state index in [-0.39, 0.29) is 5.91 Å². The number of halogens is 1. The summed E-state index contributed by atoms with van der Waals surface area (Å²) in [6.07, 6.45) is 0. The van der Waals surface area contributed by atoms with Gasteiger partial charge in [0.15, 0.2) is 0 Å². The minimum Gasteiger partial charge on any atom is -0.398 e. The quantitative estimate of drug-likeness (QED) is 0.589. The van der Waals surface area contributed by atoms with Crippen LogP contribution < -0.4 is 11.1 Å². The maximum absolute atomic E-state index is 11.7. The molecule has 0 aliphatic rings. The molecule has 0 unspecified atom stereocenters. The molecule has 6 heteroatoms. The summed E-state index contributed by atoms with van der Waals surface area (Å²) in [7, 11) is 1.62. The maximum Gasteiger partial charge on any atom is 0.251 e. The van der Waals surface area contributed by atoms with Gasteiger partial charge in [0, 0.05) is 29.4 Å². The number of benzene rings is 1. The van der Waals surface area contributed by atoms with Gasteiger partial charge in [0.25, 0.3) is 5.91 Å². The van der Waals surface area contributed by atoms with Crippen LogP contribution in [0.3, 0.4) is 0 Å². The van der Waals surface area contributed by atoms with Crippen LogP contribution in [-0.4, -0.2) is 39.4 Å². The molecule has 1 aromatic rings. The van der Waals surface area contributed by atoms with Crippen molar-refractivity contribution in [1.29, 1.82) is 0 Å². The first-order chi connectivity index (χ1) is 8.65. The van der Waals surface area contributed by atoms with Crippen molar-refractivity contribution in [2.45, 2.75) is 0 Å². The fourth-order valence-electron chi connectivity index (χ4n) is 1.25. The smallest absolute Gasteiger partial charge is 0.251 e. The van der Waals surface area contributed by atoms with Crippen LogP contribution in [0, 0.1) is 0 Å². The van der Waals surface area contributed by atoms with E-state index < -0.39 is 0 Å². The van der Waals surface area contributed by atoms with Crippen LogP contribution in [0.2, 0.25) is 0 Å². The number of carbonyl (C=O) groups is 1. The molecule has 5 nitrogen and oxygen atoms in total. The van der Waals surface area contributed by atoms with Gasteiger partial charge in [0.1, 0.15) is 0 Å². The number of methoxy groups -OCH3 is 1. The van der Waals surface area contributed by atoms with Gasteiger partial charge in [-0.15, -0.1) is 0 Å². The third-order valence-electron chi connectivity index (χ3n) is 2.23. The van der Waals surface area contributed by atoms with Gasteiger partial charge in [-0.25, -0.2) is 0 Å². The molecule has 0 aromatic heterocycles. The highest BCUT2D eigenvalue weighted by Crippen LogP contribution is 2.20. The van der Waals surface area contributed by atoms with Crippen molar-refractivity contribution in [1.82, 2.24) is 5.32 Å². The van der Waals surface area contributed by atoms with Gasteiger partial charge >= 0.3 is 0 Å². The molecule has 0 fully saturated rings. The number of amides is 1. The summed E-state index contributed by atoms with van der Waals surface area (Å²) in [5.74, 6) is -0.147. The molecule has 18 heavy (non-hydrogen) atoms. The first-order valence-electron chi connectivity index (χ1n) is 5.55. The molecule has 0 atom stereocenters. The molecule has 0 spiro atoms. The average Bonchev–Trinajstić information content (AvgIpc) is 2.36. The molecule has 0 bridgehead atoms. The number of rotatable bonds is 7. The van der Waals surface area contributed by atoms with Gasteiger partial charge in [-0.05, 0) is 34.1 Å². The largest absolute Gasteiger partial charge is 0.398 e. The summed E-state index contributed by atoms with van der Waals surface area (Å²) in [5.41, 5.74) is 6.82. The standard InChI is InChI=1S/C12H17BrN2O3/c1-17-6-7-18-5-4-15-12(16)9-2-3-11(14)10(13)8-9/h2-3,8H,4-7,14H2,1H3,(H,15,16). The molecule has 1 aromatic carbocycles. The second-order valence-electron chi connectivity index (χ2n) is 3.60. The van der Waals surface area contributed by atoms with Crippen molar-refractivity contribution >= 4 is 27.5 Å². The molecular formula is C12H17BrN2O3. The fourth-order valence-corrected chi connectivity index (χ4v) is 1.63. The lowest BCUT2D eigenvalue weighted by Gasteiger charge is -2.07. The van der Waals surface area contributed by atoms with E-state index in [1.54, 1.807) is 25.3 Å². The van der Waals surface area contributed by atoms with Crippen molar-refractivity contribution in [2.24, 2.45) is 0 Å². The highest BCUT2D eigenvalue weighted by molar-refractivity contribution is 9.10. The summed E-state index contributed by atoms with van der Waals surface area (Å²) in [5, 5.41) is 2.76. The first-order valence-corrected chi connectivity index (χ1v) is 6.34. The molecule has 100 valence electrons. The highest BCUT2D eigenvalue weighted by atomic mass is 79.9. The number of carbonyl (C=O) groups excluding carboxylic acids is 1. The minimum absolute atomic E-state index is 0.147. The normalized spacial score (nSPS) is 10.3. The van der Waals surface area contributed by atoms with Crippen molar-refractivity contribution in [3.8, 4) is 0 Å². The predicted octanol–water partition coefficient (Wildman–Crippen LogP) is 1.42. The van der Waals surface area contributed by atoms with Crippen molar-refractivity contribution in [3.63, 3.8) is 0 Å². The molecule has 1 rings (SSSR count). The Labute approximate surface area is 115 Å². The number of hydrogen-bond acceptors (Lipinski definition) is 4. The van der Waals surface area contributed by atoms with Gasteiger partial charge in [0.05, 0.1) is 19.8 Å². The lowest BCUT2D eigenvalue weighted by Crippen LogP contribution is -2.27. The monoisotopic (exact) mass is 316 g/mol. The zero-order valence-electron chi connectivity index (χ0n) is 10.2. The summed E-state index contributed by atoms with van der Waals surface area (Å²) in [6, 6.07) is 5.06. The van der Waals surface area contributed by atoms with Gasteiger partial charge in [-0.1, -0.05) is 0 Å². The van der Waals surface area contributed by atoms with Crippen LogP contribution in [0.15, 0.2) is 22.7 Å². The Balaban J connectivity index is 2.30. The average molecular weight is 317 g/mol. The van der Waals surface area contributed by atoms with E-state index >= 15 is 0 Å². The second kappa shape index (κ2) is 8.07. The van der Waals surface area contributed by atoms with Crippen LogP contribution in [0.5, 0.6) is 0 Å². The zero-order chi connectivity index (χ0) is 13.4. The Morgan fingerprint density at radius 1 is 1.39 bits per heavy atom. The number of nitrogens with one attached hydrogen (secondary N) is 1. The number of nitrogens with two attached hydrogens (primary N) is 1. The van der Waals surface area contributed by atoms with E-state index in [1.807, 2.05) is 0 Å². The topological polar surface area (TPSA) is 73.6 Å². The third-order valence-corrected chi connectivity index (χ3v) is 2.91. The molecule has 1 amide bonds. The minimum atomic E-state index is -0.147. The Bertz CT molecular complexity index is 399. The molecule has 0 saturated carbocycles. The van der Waals surface area contributed by atoms with Gasteiger partial charge < -0.3 is 20.5 Å². The Morgan fingerprint density at radius 3 is 2.83 bits per heavy atom. The number of hydrogen-bond donors (Lipinski definition) is 2. The summed E-state index contributed by atoms with van der Waals surface area (Å²) in [6.45, 7) is 2.01. The first kappa shape index (κ1) is 14.9. The lowest BCUT2D eigenvalue weighted by molar-refractivity contribution is 0.0692. The second-order valence-corrected chi connectivity index (χ2v) is 4.45. The highest BCUT2D eigenvalue weighted by Gasteiger charge is 2.06. The van der Waals surface area contributed by atoms with E-state index in [0.29, 0.717) is 42.1 Å². The van der Waals surface area contributed by atoms with E-state index in [4.69, 9.17) is 15.2 Å². The summed E-state index contributed by atoms with van der Waals surface area (Å²) in [4.78, 5) is 11.7. The summed E-state index contributed by atoms with van der Waals surface area (Å²) < 4.78 is 10.8. The van der Waals surface area contributed by atoms with Gasteiger partial charge in [-0.3, -0.25) is 4.79 Å². The van der Waals surface area contributed by atoms with E-state index in [9.17, 15) is 4.79 Å². The zero-order valence-corrected chi connectivity index (χ0v) is 11.8. The summed E-state index contributed by atoms with van der Waals surface area (Å²) >= 11 is 3.28. The lowest BCUT2D eigenvalue weighted by atomic mass is 10.2. The molecule has 0 saturated heterocycles. The molecule has 3 N–H and O–H groups in total. The number of nitrogen functional groups attached to an aromatic ring is 1. The maximum atomic E-state index is 11.7. The van der Waals surface area contributed by atoms with Crippen LogP contribution in [0.4, 0.5) is 5.69 Å². The van der Waals surface area contributed by atoms with Gasteiger partial charge in [0.2, 0.25) is 0 Å². The Kier molecular flexibility index (Phi) is 6.70. The number of anilines is 1.